The molecule has 1 nitrogen and oxygen atoms in total. The van der Waals surface area contributed by atoms with Gasteiger partial charge in [0, 0.05) is 6.61 Å². The van der Waals surface area contributed by atoms with Crippen LogP contribution in [0.5, 0.6) is 0 Å². The summed E-state index contributed by atoms with van der Waals surface area (Å²) in [5.41, 5.74) is 1.50. The molecule has 0 aliphatic heterocycles. The molecule has 1 aromatic carbocycles. The Bertz CT molecular complexity index is 319. The molecule has 1 heteroatoms. The van der Waals surface area contributed by atoms with E-state index in [2.05, 4.69) is 30.3 Å². The zero-order valence-electron chi connectivity index (χ0n) is 8.26. The average molecular weight is 188 g/mol. The maximum absolute atomic E-state index is 9.01. The lowest BCUT2D eigenvalue weighted by Crippen LogP contribution is -1.92. The SMILES string of the molecule is OC[C@@H]1C[C@H]1[C@H]1C[C@@H]1c1ccccc1. The Labute approximate surface area is 84.8 Å². The van der Waals surface area contributed by atoms with E-state index < -0.39 is 0 Å². The van der Waals surface area contributed by atoms with Gasteiger partial charge in [-0.25, -0.2) is 0 Å². The predicted molar refractivity (Wildman–Crippen MR) is 56.0 cm³/mol. The van der Waals surface area contributed by atoms with Gasteiger partial charge in [0.15, 0.2) is 0 Å². The van der Waals surface area contributed by atoms with E-state index >= 15 is 0 Å². The normalized spacial score (nSPS) is 39.5. The van der Waals surface area contributed by atoms with E-state index in [1.54, 1.807) is 0 Å². The van der Waals surface area contributed by atoms with Crippen LogP contribution in [0.4, 0.5) is 0 Å². The summed E-state index contributed by atoms with van der Waals surface area (Å²) in [7, 11) is 0. The highest BCUT2D eigenvalue weighted by Gasteiger charge is 2.53. The van der Waals surface area contributed by atoms with Gasteiger partial charge >= 0.3 is 0 Å². The van der Waals surface area contributed by atoms with Crippen LogP contribution in [0.1, 0.15) is 24.3 Å². The molecule has 14 heavy (non-hydrogen) atoms. The number of hydrogen-bond donors (Lipinski definition) is 1. The average Bonchev–Trinajstić information content (AvgIpc) is 3.12. The lowest BCUT2D eigenvalue weighted by atomic mass is 10.1. The lowest BCUT2D eigenvalue weighted by molar-refractivity contribution is 0.266. The lowest BCUT2D eigenvalue weighted by Gasteiger charge is -1.98. The Morgan fingerprint density at radius 3 is 2.50 bits per heavy atom. The van der Waals surface area contributed by atoms with Gasteiger partial charge in [-0.05, 0) is 42.1 Å². The third-order valence-electron chi connectivity index (χ3n) is 3.83. The summed E-state index contributed by atoms with van der Waals surface area (Å²) >= 11 is 0. The summed E-state index contributed by atoms with van der Waals surface area (Å²) < 4.78 is 0. The van der Waals surface area contributed by atoms with Crippen LogP contribution in [0.25, 0.3) is 0 Å². The molecular formula is C13H16O. The minimum atomic E-state index is 0.405. The molecule has 0 spiro atoms. The van der Waals surface area contributed by atoms with Gasteiger partial charge in [0.1, 0.15) is 0 Å². The van der Waals surface area contributed by atoms with Gasteiger partial charge in [0.25, 0.3) is 0 Å². The van der Waals surface area contributed by atoms with E-state index in [0.29, 0.717) is 12.5 Å². The molecule has 0 saturated heterocycles. The smallest absolute Gasteiger partial charge is 0.0462 e. The van der Waals surface area contributed by atoms with Gasteiger partial charge in [-0.3, -0.25) is 0 Å². The molecule has 0 bridgehead atoms. The maximum atomic E-state index is 9.01. The zero-order chi connectivity index (χ0) is 9.54. The van der Waals surface area contributed by atoms with Crippen LogP contribution in [0.3, 0.4) is 0 Å². The minimum Gasteiger partial charge on any atom is -0.396 e. The second-order valence-electron chi connectivity index (χ2n) is 4.76. The van der Waals surface area contributed by atoms with Crippen molar-refractivity contribution < 1.29 is 5.11 Å². The fraction of sp³-hybridized carbons (Fsp3) is 0.538. The van der Waals surface area contributed by atoms with Gasteiger partial charge in [0.2, 0.25) is 0 Å². The first-order valence-electron chi connectivity index (χ1n) is 5.56. The standard InChI is InChI=1S/C13H16O/c14-8-10-6-11(10)13-7-12(13)9-4-2-1-3-5-9/h1-5,10-14H,6-8H2/t10-,11+,12+,13+/m0/s1. The van der Waals surface area contributed by atoms with Crippen molar-refractivity contribution in [1.29, 1.82) is 0 Å². The van der Waals surface area contributed by atoms with Crippen LogP contribution in [0.15, 0.2) is 30.3 Å². The molecule has 74 valence electrons. The quantitative estimate of drug-likeness (QED) is 0.772. The molecule has 1 N–H and O–H groups in total. The fourth-order valence-electron chi connectivity index (χ4n) is 2.78. The highest BCUT2D eigenvalue weighted by atomic mass is 16.3. The van der Waals surface area contributed by atoms with E-state index in [-0.39, 0.29) is 0 Å². The van der Waals surface area contributed by atoms with Gasteiger partial charge in [-0.2, -0.15) is 0 Å². The largest absolute Gasteiger partial charge is 0.396 e. The van der Waals surface area contributed by atoms with Crippen molar-refractivity contribution in [3.05, 3.63) is 35.9 Å². The van der Waals surface area contributed by atoms with E-state index in [9.17, 15) is 0 Å². The van der Waals surface area contributed by atoms with Crippen molar-refractivity contribution in [1.82, 2.24) is 0 Å². The number of hydrogen-bond acceptors (Lipinski definition) is 1. The Hall–Kier alpha value is -0.820. The Balaban J connectivity index is 1.64. The molecule has 3 rings (SSSR count). The van der Waals surface area contributed by atoms with E-state index in [0.717, 1.165) is 17.8 Å². The molecule has 0 aromatic heterocycles. The van der Waals surface area contributed by atoms with Crippen LogP contribution < -0.4 is 0 Å². The van der Waals surface area contributed by atoms with Crippen LogP contribution in [-0.2, 0) is 0 Å². The molecule has 0 heterocycles. The van der Waals surface area contributed by atoms with Crippen molar-refractivity contribution in [3.63, 3.8) is 0 Å². The topological polar surface area (TPSA) is 20.2 Å². The zero-order valence-corrected chi connectivity index (χ0v) is 8.26. The Kier molecular flexibility index (Phi) is 1.88. The molecule has 2 fully saturated rings. The fourth-order valence-corrected chi connectivity index (χ4v) is 2.78. The minimum absolute atomic E-state index is 0.405. The van der Waals surface area contributed by atoms with Crippen molar-refractivity contribution in [3.8, 4) is 0 Å². The second kappa shape index (κ2) is 3.09. The number of benzene rings is 1. The number of aliphatic hydroxyl groups excluding tert-OH is 1. The van der Waals surface area contributed by atoms with Crippen molar-refractivity contribution in [2.45, 2.75) is 18.8 Å². The monoisotopic (exact) mass is 188 g/mol. The number of rotatable bonds is 3. The number of aliphatic hydroxyl groups is 1. The van der Waals surface area contributed by atoms with Crippen molar-refractivity contribution >= 4 is 0 Å². The highest BCUT2D eigenvalue weighted by molar-refractivity contribution is 5.27. The van der Waals surface area contributed by atoms with Gasteiger partial charge in [-0.1, -0.05) is 30.3 Å². The Morgan fingerprint density at radius 1 is 1.07 bits per heavy atom. The Morgan fingerprint density at radius 2 is 1.86 bits per heavy atom. The van der Waals surface area contributed by atoms with Crippen LogP contribution in [-0.4, -0.2) is 11.7 Å². The van der Waals surface area contributed by atoms with Gasteiger partial charge < -0.3 is 5.11 Å². The molecule has 2 saturated carbocycles. The van der Waals surface area contributed by atoms with Gasteiger partial charge in [0.05, 0.1) is 0 Å². The highest BCUT2D eigenvalue weighted by Crippen LogP contribution is 2.61. The molecule has 0 unspecified atom stereocenters. The molecule has 4 atom stereocenters. The summed E-state index contributed by atoms with van der Waals surface area (Å²) in [5, 5.41) is 9.01. The van der Waals surface area contributed by atoms with Crippen LogP contribution in [0.2, 0.25) is 0 Å². The van der Waals surface area contributed by atoms with Crippen molar-refractivity contribution in [2.24, 2.45) is 17.8 Å². The molecule has 2 aliphatic carbocycles. The van der Waals surface area contributed by atoms with E-state index in [1.165, 1.54) is 18.4 Å². The van der Waals surface area contributed by atoms with E-state index in [1.807, 2.05) is 0 Å². The first kappa shape index (κ1) is 8.49. The van der Waals surface area contributed by atoms with Gasteiger partial charge in [-0.15, -0.1) is 0 Å². The summed E-state index contributed by atoms with van der Waals surface area (Å²) in [6.07, 6.45) is 2.62. The predicted octanol–water partition coefficient (Wildman–Crippen LogP) is 2.42. The first-order valence-corrected chi connectivity index (χ1v) is 5.56. The van der Waals surface area contributed by atoms with Crippen LogP contribution in [0, 0.1) is 17.8 Å². The summed E-state index contributed by atoms with van der Waals surface area (Å²) in [6, 6.07) is 10.8. The second-order valence-corrected chi connectivity index (χ2v) is 4.76. The third kappa shape index (κ3) is 1.36. The maximum Gasteiger partial charge on any atom is 0.0462 e. The molecule has 0 amide bonds. The first-order chi connectivity index (χ1) is 6.90. The summed E-state index contributed by atoms with van der Waals surface area (Å²) in [5.74, 6) is 3.16. The molecule has 1 aromatic rings. The molecule has 0 radical (unpaired) electrons. The third-order valence-corrected chi connectivity index (χ3v) is 3.83. The van der Waals surface area contributed by atoms with Crippen LogP contribution >= 0.6 is 0 Å². The molecular weight excluding hydrogens is 172 g/mol. The molecule has 2 aliphatic rings. The summed E-state index contributed by atoms with van der Waals surface area (Å²) in [6.45, 7) is 0.405. The summed E-state index contributed by atoms with van der Waals surface area (Å²) in [4.78, 5) is 0. The van der Waals surface area contributed by atoms with Crippen molar-refractivity contribution in [2.75, 3.05) is 6.61 Å². The van der Waals surface area contributed by atoms with E-state index in [4.69, 9.17) is 5.11 Å².